The molecule has 0 bridgehead atoms. The van der Waals surface area contributed by atoms with Gasteiger partial charge in [-0.3, -0.25) is 4.79 Å². The predicted molar refractivity (Wildman–Crippen MR) is 63.3 cm³/mol. The average molecular weight is 225 g/mol. The number of hydrogen-bond donors (Lipinski definition) is 2. The first-order valence-electron chi connectivity index (χ1n) is 6.62. The highest BCUT2D eigenvalue weighted by molar-refractivity contribution is 5.68. The molecule has 0 aliphatic heterocycles. The minimum atomic E-state index is -0.655. The molecular weight excluding hydrogens is 202 g/mol. The van der Waals surface area contributed by atoms with Crippen LogP contribution in [-0.4, -0.2) is 23.2 Å². The van der Waals surface area contributed by atoms with Gasteiger partial charge in [0.2, 0.25) is 0 Å². The Balaban J connectivity index is 2.01. The third-order valence-electron chi connectivity index (χ3n) is 4.21. The molecule has 2 aliphatic rings. The molecule has 0 radical (unpaired) electrons. The molecule has 0 aromatic rings. The van der Waals surface area contributed by atoms with E-state index in [1.54, 1.807) is 0 Å². The van der Waals surface area contributed by atoms with Gasteiger partial charge < -0.3 is 10.4 Å². The number of nitrogens with one attached hydrogen (secondary N) is 1. The third kappa shape index (κ3) is 2.76. The average Bonchev–Trinajstić information content (AvgIpc) is 2.99. The fourth-order valence-corrected chi connectivity index (χ4v) is 3.43. The maximum Gasteiger partial charge on any atom is 0.305 e. The molecule has 0 aromatic carbocycles. The smallest absolute Gasteiger partial charge is 0.305 e. The summed E-state index contributed by atoms with van der Waals surface area (Å²) in [6.07, 6.45) is 7.68. The first kappa shape index (κ1) is 11.9. The van der Waals surface area contributed by atoms with Crippen molar-refractivity contribution in [1.82, 2.24) is 5.32 Å². The second-order valence-corrected chi connectivity index (χ2v) is 5.58. The summed E-state index contributed by atoms with van der Waals surface area (Å²) in [4.78, 5) is 11.0. The predicted octanol–water partition coefficient (Wildman–Crippen LogP) is 2.41. The van der Waals surface area contributed by atoms with E-state index >= 15 is 0 Å². The number of rotatable bonds is 5. The molecule has 2 N–H and O–H groups in total. The van der Waals surface area contributed by atoms with E-state index in [9.17, 15) is 4.79 Å². The van der Waals surface area contributed by atoms with E-state index in [0.29, 0.717) is 6.42 Å². The maximum atomic E-state index is 11.0. The van der Waals surface area contributed by atoms with Gasteiger partial charge in [0, 0.05) is 5.54 Å². The summed E-state index contributed by atoms with van der Waals surface area (Å²) in [7, 11) is 0. The van der Waals surface area contributed by atoms with Gasteiger partial charge in [-0.15, -0.1) is 0 Å². The Hall–Kier alpha value is -0.570. The SMILES string of the molecule is CCNC1(CC(=O)O)CCCC(C2CC2)C1. The Labute approximate surface area is 97.6 Å². The van der Waals surface area contributed by atoms with Crippen LogP contribution in [0, 0.1) is 11.8 Å². The molecule has 0 spiro atoms. The van der Waals surface area contributed by atoms with Crippen LogP contribution in [0.2, 0.25) is 0 Å². The number of carboxylic acid groups (broad SMARTS) is 1. The van der Waals surface area contributed by atoms with Crippen LogP contribution in [0.25, 0.3) is 0 Å². The lowest BCUT2D eigenvalue weighted by Gasteiger charge is -2.41. The molecular formula is C13H23NO2. The Morgan fingerprint density at radius 3 is 2.69 bits per heavy atom. The van der Waals surface area contributed by atoms with E-state index < -0.39 is 5.97 Å². The highest BCUT2D eigenvalue weighted by Crippen LogP contribution is 2.47. The first-order chi connectivity index (χ1) is 7.65. The molecule has 2 fully saturated rings. The number of carbonyl (C=O) groups is 1. The summed E-state index contributed by atoms with van der Waals surface area (Å²) in [5, 5.41) is 12.5. The molecule has 3 heteroatoms. The van der Waals surface area contributed by atoms with Gasteiger partial charge in [0.05, 0.1) is 6.42 Å². The Morgan fingerprint density at radius 2 is 2.12 bits per heavy atom. The van der Waals surface area contributed by atoms with Crippen molar-refractivity contribution in [3.05, 3.63) is 0 Å². The zero-order chi connectivity index (χ0) is 11.6. The lowest BCUT2D eigenvalue weighted by molar-refractivity contribution is -0.139. The zero-order valence-electron chi connectivity index (χ0n) is 10.2. The zero-order valence-corrected chi connectivity index (χ0v) is 10.2. The van der Waals surface area contributed by atoms with E-state index in [1.807, 2.05) is 0 Å². The molecule has 2 rings (SSSR count). The Morgan fingerprint density at radius 1 is 1.38 bits per heavy atom. The normalized spacial score (nSPS) is 34.9. The minimum Gasteiger partial charge on any atom is -0.481 e. The quantitative estimate of drug-likeness (QED) is 0.755. The van der Waals surface area contributed by atoms with Crippen LogP contribution < -0.4 is 5.32 Å². The van der Waals surface area contributed by atoms with Gasteiger partial charge in [0.25, 0.3) is 0 Å². The van der Waals surface area contributed by atoms with Crippen molar-refractivity contribution in [2.45, 2.75) is 57.4 Å². The number of aliphatic carboxylic acids is 1. The standard InChI is InChI=1S/C13H23NO2/c1-2-14-13(9-12(15)16)7-3-4-11(8-13)10-5-6-10/h10-11,14H,2-9H2,1H3,(H,15,16). The molecule has 2 unspecified atom stereocenters. The van der Waals surface area contributed by atoms with Crippen molar-refractivity contribution in [3.63, 3.8) is 0 Å². The summed E-state index contributed by atoms with van der Waals surface area (Å²) < 4.78 is 0. The second kappa shape index (κ2) is 4.74. The van der Waals surface area contributed by atoms with Crippen LogP contribution >= 0.6 is 0 Å². The van der Waals surface area contributed by atoms with E-state index in [-0.39, 0.29) is 5.54 Å². The fourth-order valence-electron chi connectivity index (χ4n) is 3.43. The van der Waals surface area contributed by atoms with Gasteiger partial charge in [0.15, 0.2) is 0 Å². The topological polar surface area (TPSA) is 49.3 Å². The summed E-state index contributed by atoms with van der Waals surface area (Å²) >= 11 is 0. The Bertz CT molecular complexity index is 259. The molecule has 2 aliphatic carbocycles. The largest absolute Gasteiger partial charge is 0.481 e. The van der Waals surface area contributed by atoms with E-state index in [0.717, 1.165) is 31.2 Å². The lowest BCUT2D eigenvalue weighted by Crippen LogP contribution is -2.50. The van der Waals surface area contributed by atoms with Gasteiger partial charge >= 0.3 is 5.97 Å². The molecule has 92 valence electrons. The first-order valence-corrected chi connectivity index (χ1v) is 6.62. The summed E-state index contributed by atoms with van der Waals surface area (Å²) in [6, 6.07) is 0. The van der Waals surface area contributed by atoms with Gasteiger partial charge in [-0.05, 0) is 44.1 Å². The van der Waals surface area contributed by atoms with Gasteiger partial charge in [-0.1, -0.05) is 19.8 Å². The number of hydrogen-bond acceptors (Lipinski definition) is 2. The molecule has 16 heavy (non-hydrogen) atoms. The number of carboxylic acids is 1. The molecule has 0 aromatic heterocycles. The van der Waals surface area contributed by atoms with Crippen LogP contribution in [0.15, 0.2) is 0 Å². The van der Waals surface area contributed by atoms with Crippen molar-refractivity contribution < 1.29 is 9.90 Å². The second-order valence-electron chi connectivity index (χ2n) is 5.58. The van der Waals surface area contributed by atoms with E-state index in [1.165, 1.54) is 25.7 Å². The molecule has 2 saturated carbocycles. The molecule has 2 atom stereocenters. The van der Waals surface area contributed by atoms with Crippen molar-refractivity contribution in [1.29, 1.82) is 0 Å². The van der Waals surface area contributed by atoms with Gasteiger partial charge in [0.1, 0.15) is 0 Å². The van der Waals surface area contributed by atoms with E-state index in [2.05, 4.69) is 12.2 Å². The molecule has 0 amide bonds. The highest BCUT2D eigenvalue weighted by atomic mass is 16.4. The van der Waals surface area contributed by atoms with Gasteiger partial charge in [-0.2, -0.15) is 0 Å². The van der Waals surface area contributed by atoms with Crippen LogP contribution in [-0.2, 0) is 4.79 Å². The minimum absolute atomic E-state index is 0.105. The fraction of sp³-hybridized carbons (Fsp3) is 0.923. The Kier molecular flexibility index (Phi) is 3.53. The lowest BCUT2D eigenvalue weighted by atomic mass is 9.72. The van der Waals surface area contributed by atoms with Crippen LogP contribution in [0.4, 0.5) is 0 Å². The third-order valence-corrected chi connectivity index (χ3v) is 4.21. The molecule has 3 nitrogen and oxygen atoms in total. The van der Waals surface area contributed by atoms with Crippen molar-refractivity contribution in [3.8, 4) is 0 Å². The highest BCUT2D eigenvalue weighted by Gasteiger charge is 2.42. The van der Waals surface area contributed by atoms with Crippen LogP contribution in [0.5, 0.6) is 0 Å². The van der Waals surface area contributed by atoms with Crippen molar-refractivity contribution >= 4 is 5.97 Å². The van der Waals surface area contributed by atoms with Gasteiger partial charge in [-0.25, -0.2) is 0 Å². The van der Waals surface area contributed by atoms with Crippen LogP contribution in [0.1, 0.15) is 51.9 Å². The summed E-state index contributed by atoms with van der Waals surface area (Å²) in [6.45, 7) is 2.95. The maximum absolute atomic E-state index is 11.0. The summed E-state index contributed by atoms with van der Waals surface area (Å²) in [5.74, 6) is 1.04. The van der Waals surface area contributed by atoms with Crippen molar-refractivity contribution in [2.24, 2.45) is 11.8 Å². The summed E-state index contributed by atoms with van der Waals surface area (Å²) in [5.41, 5.74) is -0.105. The van der Waals surface area contributed by atoms with Crippen LogP contribution in [0.3, 0.4) is 0 Å². The monoisotopic (exact) mass is 225 g/mol. The van der Waals surface area contributed by atoms with Crippen molar-refractivity contribution in [2.75, 3.05) is 6.54 Å². The molecule has 0 heterocycles. The van der Waals surface area contributed by atoms with E-state index in [4.69, 9.17) is 5.11 Å². The molecule has 0 saturated heterocycles.